The Labute approximate surface area is 93.7 Å². The molecule has 16 heavy (non-hydrogen) atoms. The molecule has 0 saturated heterocycles. The predicted octanol–water partition coefficient (Wildman–Crippen LogP) is 1.02. The molecule has 5 heteroatoms. The molecular weight excluding hydrogens is 208 g/mol. The average Bonchev–Trinajstić information content (AvgIpc) is 2.28. The molecule has 0 aliphatic rings. The smallest absolute Gasteiger partial charge is 0.303 e. The topological polar surface area (TPSA) is 70.5 Å². The van der Waals surface area contributed by atoms with E-state index in [1.54, 1.807) is 31.4 Å². The first-order valence-electron chi connectivity index (χ1n) is 4.99. The van der Waals surface area contributed by atoms with Gasteiger partial charge in [-0.25, -0.2) is 0 Å². The van der Waals surface area contributed by atoms with Crippen LogP contribution in [0.1, 0.15) is 23.3 Å². The fourth-order valence-corrected chi connectivity index (χ4v) is 1.25. The number of nitrogens with zero attached hydrogens (tertiary/aromatic N) is 2. The highest BCUT2D eigenvalue weighted by Crippen LogP contribution is 2.01. The maximum Gasteiger partial charge on any atom is 0.303 e. The summed E-state index contributed by atoms with van der Waals surface area (Å²) in [4.78, 5) is 27.5. The minimum absolute atomic E-state index is 0.0693. The number of aliphatic carboxylic acids is 1. The Balaban J connectivity index is 2.45. The van der Waals surface area contributed by atoms with E-state index in [4.69, 9.17) is 5.11 Å². The molecule has 1 rings (SSSR count). The lowest BCUT2D eigenvalue weighted by atomic mass is 10.2. The molecular formula is C11H14N2O3. The zero-order chi connectivity index (χ0) is 12.0. The van der Waals surface area contributed by atoms with Crippen molar-refractivity contribution in [3.05, 3.63) is 30.1 Å². The van der Waals surface area contributed by atoms with Crippen LogP contribution in [0.4, 0.5) is 0 Å². The molecule has 0 aromatic carbocycles. The van der Waals surface area contributed by atoms with E-state index < -0.39 is 5.97 Å². The summed E-state index contributed by atoms with van der Waals surface area (Å²) in [6.07, 6.45) is 2.07. The highest BCUT2D eigenvalue weighted by atomic mass is 16.4. The zero-order valence-electron chi connectivity index (χ0n) is 9.09. The van der Waals surface area contributed by atoms with Gasteiger partial charge < -0.3 is 10.0 Å². The monoisotopic (exact) mass is 222 g/mol. The Morgan fingerprint density at radius 1 is 1.44 bits per heavy atom. The highest BCUT2D eigenvalue weighted by molar-refractivity contribution is 5.92. The van der Waals surface area contributed by atoms with E-state index in [1.165, 1.54) is 4.90 Å². The van der Waals surface area contributed by atoms with Crippen molar-refractivity contribution in [2.24, 2.45) is 0 Å². The molecule has 0 aliphatic heterocycles. The van der Waals surface area contributed by atoms with Gasteiger partial charge in [-0.15, -0.1) is 0 Å². The summed E-state index contributed by atoms with van der Waals surface area (Å²) in [6, 6.07) is 5.11. The summed E-state index contributed by atoms with van der Waals surface area (Å²) in [7, 11) is 1.64. The van der Waals surface area contributed by atoms with Crippen LogP contribution in [-0.2, 0) is 4.79 Å². The standard InChI is InChI=1S/C11H14N2O3/c1-13(8-4-6-10(14)15)11(16)9-5-2-3-7-12-9/h2-3,5,7H,4,6,8H2,1H3,(H,14,15). The summed E-state index contributed by atoms with van der Waals surface area (Å²) >= 11 is 0. The first-order chi connectivity index (χ1) is 7.61. The van der Waals surface area contributed by atoms with Crippen LogP contribution in [0.25, 0.3) is 0 Å². The first kappa shape index (κ1) is 12.2. The van der Waals surface area contributed by atoms with E-state index >= 15 is 0 Å². The van der Waals surface area contributed by atoms with Crippen molar-refractivity contribution in [1.29, 1.82) is 0 Å². The summed E-state index contributed by atoms with van der Waals surface area (Å²) in [5.74, 6) is -1.04. The molecule has 5 nitrogen and oxygen atoms in total. The van der Waals surface area contributed by atoms with E-state index in [-0.39, 0.29) is 12.3 Å². The number of carboxylic acid groups (broad SMARTS) is 1. The predicted molar refractivity (Wildman–Crippen MR) is 58.1 cm³/mol. The van der Waals surface area contributed by atoms with Crippen molar-refractivity contribution >= 4 is 11.9 Å². The second-order valence-corrected chi connectivity index (χ2v) is 3.44. The summed E-state index contributed by atoms with van der Waals surface area (Å²) < 4.78 is 0. The van der Waals surface area contributed by atoms with Crippen molar-refractivity contribution in [3.8, 4) is 0 Å². The van der Waals surface area contributed by atoms with Crippen LogP contribution in [0.3, 0.4) is 0 Å². The van der Waals surface area contributed by atoms with E-state index in [1.807, 2.05) is 0 Å². The van der Waals surface area contributed by atoms with Crippen molar-refractivity contribution in [2.75, 3.05) is 13.6 Å². The van der Waals surface area contributed by atoms with Crippen LogP contribution in [-0.4, -0.2) is 40.5 Å². The number of hydrogen-bond acceptors (Lipinski definition) is 3. The summed E-state index contributed by atoms with van der Waals surface area (Å²) in [5.41, 5.74) is 0.375. The van der Waals surface area contributed by atoms with Crippen LogP contribution in [0.2, 0.25) is 0 Å². The third-order valence-corrected chi connectivity index (χ3v) is 2.11. The Kier molecular flexibility index (Phi) is 4.44. The molecule has 1 amide bonds. The van der Waals surface area contributed by atoms with Gasteiger partial charge in [-0.2, -0.15) is 0 Å². The molecule has 1 N–H and O–H groups in total. The zero-order valence-corrected chi connectivity index (χ0v) is 9.09. The second-order valence-electron chi connectivity index (χ2n) is 3.44. The number of carbonyl (C=O) groups is 2. The fourth-order valence-electron chi connectivity index (χ4n) is 1.25. The lowest BCUT2D eigenvalue weighted by Crippen LogP contribution is -2.28. The van der Waals surface area contributed by atoms with E-state index in [0.717, 1.165) is 0 Å². The van der Waals surface area contributed by atoms with Gasteiger partial charge in [0.25, 0.3) is 5.91 Å². The maximum atomic E-state index is 11.7. The molecule has 0 spiro atoms. The molecule has 0 bridgehead atoms. The Hall–Kier alpha value is -1.91. The largest absolute Gasteiger partial charge is 0.481 e. The van der Waals surface area contributed by atoms with Crippen LogP contribution in [0.5, 0.6) is 0 Å². The number of amides is 1. The van der Waals surface area contributed by atoms with Gasteiger partial charge in [0.05, 0.1) is 0 Å². The van der Waals surface area contributed by atoms with Gasteiger partial charge in [0.15, 0.2) is 0 Å². The minimum atomic E-state index is -0.848. The van der Waals surface area contributed by atoms with Crippen LogP contribution < -0.4 is 0 Å². The number of rotatable bonds is 5. The molecule has 1 aromatic heterocycles. The first-order valence-corrected chi connectivity index (χ1v) is 4.99. The van der Waals surface area contributed by atoms with Gasteiger partial charge in [0.1, 0.15) is 5.69 Å². The van der Waals surface area contributed by atoms with Gasteiger partial charge in [0, 0.05) is 26.2 Å². The lowest BCUT2D eigenvalue weighted by Gasteiger charge is -2.15. The minimum Gasteiger partial charge on any atom is -0.481 e. The molecule has 0 unspecified atom stereocenters. The Morgan fingerprint density at radius 2 is 2.19 bits per heavy atom. The Morgan fingerprint density at radius 3 is 2.75 bits per heavy atom. The molecule has 0 fully saturated rings. The van der Waals surface area contributed by atoms with Crippen LogP contribution in [0.15, 0.2) is 24.4 Å². The van der Waals surface area contributed by atoms with Crippen molar-refractivity contribution in [1.82, 2.24) is 9.88 Å². The van der Waals surface area contributed by atoms with Crippen molar-refractivity contribution in [2.45, 2.75) is 12.8 Å². The quantitative estimate of drug-likeness (QED) is 0.807. The second kappa shape index (κ2) is 5.85. The normalized spacial score (nSPS) is 9.81. The summed E-state index contributed by atoms with van der Waals surface area (Å²) in [5, 5.41) is 8.47. The molecule has 0 radical (unpaired) electrons. The fraction of sp³-hybridized carbons (Fsp3) is 0.364. The van der Waals surface area contributed by atoms with Gasteiger partial charge in [-0.3, -0.25) is 14.6 Å². The summed E-state index contributed by atoms with van der Waals surface area (Å²) in [6.45, 7) is 0.418. The van der Waals surface area contributed by atoms with Gasteiger partial charge >= 0.3 is 5.97 Å². The molecule has 1 aromatic rings. The maximum absolute atomic E-state index is 11.7. The average molecular weight is 222 g/mol. The SMILES string of the molecule is CN(CCCC(=O)O)C(=O)c1ccccn1. The number of hydrogen-bond donors (Lipinski definition) is 1. The van der Waals surface area contributed by atoms with Gasteiger partial charge in [-0.1, -0.05) is 6.07 Å². The molecule has 0 aliphatic carbocycles. The van der Waals surface area contributed by atoms with Crippen molar-refractivity contribution < 1.29 is 14.7 Å². The van der Waals surface area contributed by atoms with E-state index in [2.05, 4.69) is 4.98 Å². The number of aromatic nitrogens is 1. The number of carbonyl (C=O) groups excluding carboxylic acids is 1. The molecule has 86 valence electrons. The molecule has 1 heterocycles. The van der Waals surface area contributed by atoms with E-state index in [0.29, 0.717) is 18.7 Å². The van der Waals surface area contributed by atoms with E-state index in [9.17, 15) is 9.59 Å². The van der Waals surface area contributed by atoms with Crippen LogP contribution in [0, 0.1) is 0 Å². The lowest BCUT2D eigenvalue weighted by molar-refractivity contribution is -0.137. The van der Waals surface area contributed by atoms with Gasteiger partial charge in [-0.05, 0) is 18.6 Å². The van der Waals surface area contributed by atoms with Crippen LogP contribution >= 0.6 is 0 Å². The molecule has 0 saturated carbocycles. The number of carboxylic acids is 1. The third-order valence-electron chi connectivity index (χ3n) is 2.11. The van der Waals surface area contributed by atoms with Gasteiger partial charge in [0.2, 0.25) is 0 Å². The Bertz CT molecular complexity index is 365. The highest BCUT2D eigenvalue weighted by Gasteiger charge is 2.12. The molecule has 0 atom stereocenters. The van der Waals surface area contributed by atoms with Crippen molar-refractivity contribution in [3.63, 3.8) is 0 Å². The number of pyridine rings is 1. The third kappa shape index (κ3) is 3.68.